The van der Waals surface area contributed by atoms with Crippen LogP contribution in [0.25, 0.3) is 0 Å². The smallest absolute Gasteiger partial charge is 0.163 e. The van der Waals surface area contributed by atoms with Crippen LogP contribution in [0.4, 0.5) is 8.78 Å². The normalized spacial score (nSPS) is 17.6. The molecule has 1 aromatic heterocycles. The largest absolute Gasteiger partial charge is 0.350 e. The Morgan fingerprint density at radius 3 is 2.44 bits per heavy atom. The molecule has 140 valence electrons. The van der Waals surface area contributed by atoms with Crippen molar-refractivity contribution in [2.24, 2.45) is 0 Å². The summed E-state index contributed by atoms with van der Waals surface area (Å²) in [5, 5.41) is 0. The van der Waals surface area contributed by atoms with Crippen LogP contribution < -0.4 is 0 Å². The third-order valence-electron chi connectivity index (χ3n) is 5.64. The van der Waals surface area contributed by atoms with Crippen LogP contribution in [0.5, 0.6) is 0 Å². The summed E-state index contributed by atoms with van der Waals surface area (Å²) in [4.78, 5) is 2.28. The van der Waals surface area contributed by atoms with Gasteiger partial charge in [0.05, 0.1) is 6.04 Å². The molecule has 4 rings (SSSR count). The van der Waals surface area contributed by atoms with Crippen LogP contribution in [0, 0.1) is 25.5 Å². The predicted molar refractivity (Wildman–Crippen MR) is 104 cm³/mol. The highest BCUT2D eigenvalue weighted by molar-refractivity contribution is 5.36. The number of nitrogens with zero attached hydrogens (tertiary/aromatic N) is 2. The van der Waals surface area contributed by atoms with Crippen LogP contribution in [-0.4, -0.2) is 16.0 Å². The zero-order chi connectivity index (χ0) is 19.0. The second kappa shape index (κ2) is 7.28. The molecule has 0 fully saturated rings. The van der Waals surface area contributed by atoms with Crippen LogP contribution >= 0.6 is 0 Å². The summed E-state index contributed by atoms with van der Waals surface area (Å²) < 4.78 is 31.0. The summed E-state index contributed by atoms with van der Waals surface area (Å²) in [7, 11) is 0. The van der Waals surface area contributed by atoms with Crippen molar-refractivity contribution >= 4 is 0 Å². The van der Waals surface area contributed by atoms with Crippen molar-refractivity contribution in [1.82, 2.24) is 9.47 Å². The highest BCUT2D eigenvalue weighted by Gasteiger charge is 2.30. The minimum absolute atomic E-state index is 0.308. The van der Waals surface area contributed by atoms with Gasteiger partial charge in [-0.15, -0.1) is 0 Å². The maximum Gasteiger partial charge on any atom is 0.163 e. The van der Waals surface area contributed by atoms with Gasteiger partial charge in [-0.1, -0.05) is 30.3 Å². The molecule has 3 aromatic rings. The zero-order valence-corrected chi connectivity index (χ0v) is 15.8. The Hall–Kier alpha value is -2.46. The molecule has 2 nitrogen and oxygen atoms in total. The lowest BCUT2D eigenvalue weighted by Crippen LogP contribution is -2.31. The molecule has 0 spiro atoms. The van der Waals surface area contributed by atoms with Crippen LogP contribution in [0.15, 0.2) is 54.7 Å². The Morgan fingerprint density at radius 1 is 0.926 bits per heavy atom. The second-order valence-corrected chi connectivity index (χ2v) is 7.37. The molecule has 1 aliphatic rings. The van der Waals surface area contributed by atoms with E-state index in [1.165, 1.54) is 22.8 Å². The van der Waals surface area contributed by atoms with Gasteiger partial charge in [-0.05, 0) is 55.2 Å². The molecule has 0 aliphatic carbocycles. The molecular weight excluding hydrogens is 342 g/mol. The highest BCUT2D eigenvalue weighted by Crippen LogP contribution is 2.35. The number of hydrogen-bond acceptors (Lipinski definition) is 1. The Kier molecular flexibility index (Phi) is 4.83. The zero-order valence-electron chi connectivity index (χ0n) is 15.8. The summed E-state index contributed by atoms with van der Waals surface area (Å²) >= 11 is 0. The first-order valence-corrected chi connectivity index (χ1v) is 9.44. The van der Waals surface area contributed by atoms with E-state index >= 15 is 0 Å². The van der Waals surface area contributed by atoms with Crippen molar-refractivity contribution in [3.63, 3.8) is 0 Å². The van der Waals surface area contributed by atoms with Gasteiger partial charge < -0.3 is 4.57 Å². The van der Waals surface area contributed by atoms with E-state index in [9.17, 15) is 8.78 Å². The van der Waals surface area contributed by atoms with Crippen molar-refractivity contribution < 1.29 is 8.78 Å². The molecule has 4 heteroatoms. The van der Waals surface area contributed by atoms with E-state index in [2.05, 4.69) is 41.5 Å². The number of hydrogen-bond donors (Lipinski definition) is 0. The molecule has 0 saturated carbocycles. The van der Waals surface area contributed by atoms with Gasteiger partial charge in [-0.25, -0.2) is 8.78 Å². The highest BCUT2D eigenvalue weighted by atomic mass is 19.2. The molecule has 2 heterocycles. The molecular formula is C23H24F2N2. The Labute approximate surface area is 159 Å². The molecule has 0 amide bonds. The van der Waals surface area contributed by atoms with Gasteiger partial charge in [0.25, 0.3) is 0 Å². The first-order valence-electron chi connectivity index (χ1n) is 9.44. The van der Waals surface area contributed by atoms with Gasteiger partial charge in [0.2, 0.25) is 0 Å². The molecule has 1 aliphatic heterocycles. The fourth-order valence-corrected chi connectivity index (χ4v) is 4.20. The number of aryl methyl sites for hydroxylation is 3. The molecule has 1 unspecified atom stereocenters. The third kappa shape index (κ3) is 3.30. The molecule has 27 heavy (non-hydrogen) atoms. The number of fused-ring (bicyclic) bond motifs is 1. The van der Waals surface area contributed by atoms with E-state index in [-0.39, 0.29) is 6.04 Å². The van der Waals surface area contributed by atoms with Crippen molar-refractivity contribution in [1.29, 1.82) is 0 Å². The van der Waals surface area contributed by atoms with Gasteiger partial charge >= 0.3 is 0 Å². The fourth-order valence-electron chi connectivity index (χ4n) is 4.20. The summed E-state index contributed by atoms with van der Waals surface area (Å²) in [5.74, 6) is -1.54. The van der Waals surface area contributed by atoms with Crippen LogP contribution in [0.1, 0.15) is 40.4 Å². The van der Waals surface area contributed by atoms with Gasteiger partial charge in [-0.2, -0.15) is 0 Å². The van der Waals surface area contributed by atoms with Crippen LogP contribution in [0.2, 0.25) is 0 Å². The molecule has 0 bridgehead atoms. The summed E-state index contributed by atoms with van der Waals surface area (Å²) in [5.41, 5.74) is 5.15. The number of aromatic nitrogens is 1. The van der Waals surface area contributed by atoms with Gasteiger partial charge in [0.1, 0.15) is 0 Å². The number of benzene rings is 2. The second-order valence-electron chi connectivity index (χ2n) is 7.37. The minimum Gasteiger partial charge on any atom is -0.350 e. The molecule has 0 radical (unpaired) electrons. The molecule has 2 aromatic carbocycles. The van der Waals surface area contributed by atoms with E-state index in [1.807, 2.05) is 18.3 Å². The van der Waals surface area contributed by atoms with Crippen molar-refractivity contribution in [2.45, 2.75) is 39.4 Å². The molecule has 1 atom stereocenters. The first-order chi connectivity index (χ1) is 13.1. The summed E-state index contributed by atoms with van der Waals surface area (Å²) in [6.45, 7) is 6.65. The lowest BCUT2D eigenvalue weighted by atomic mass is 9.97. The summed E-state index contributed by atoms with van der Waals surface area (Å²) in [6, 6.07) is 14.5. The van der Waals surface area contributed by atoms with Crippen LogP contribution in [-0.2, 0) is 13.1 Å². The number of rotatable bonds is 3. The van der Waals surface area contributed by atoms with Crippen LogP contribution in [0.3, 0.4) is 0 Å². The summed E-state index contributed by atoms with van der Waals surface area (Å²) in [6.07, 6.45) is 3.00. The van der Waals surface area contributed by atoms with Gasteiger partial charge in [0, 0.05) is 37.1 Å². The Balaban J connectivity index is 1.82. The van der Waals surface area contributed by atoms with E-state index in [4.69, 9.17) is 0 Å². The van der Waals surface area contributed by atoms with Crippen molar-refractivity contribution in [2.75, 3.05) is 6.54 Å². The van der Waals surface area contributed by atoms with E-state index in [0.29, 0.717) is 12.1 Å². The maximum absolute atomic E-state index is 14.8. The Morgan fingerprint density at radius 2 is 1.67 bits per heavy atom. The first kappa shape index (κ1) is 17.9. The fraction of sp³-hybridized carbons (Fsp3) is 0.304. The Bertz CT molecular complexity index is 941. The standard InChI is InChI=1S/C23H24F2N2/c1-16-7-3-8-17(2)19(16)15-27-14-6-13-26-12-5-11-21(26)23(27)18-9-4-10-20(24)22(18)25/h3-5,7-12,23H,6,13-15H2,1-2H3. The topological polar surface area (TPSA) is 8.17 Å². The van der Waals surface area contributed by atoms with E-state index < -0.39 is 11.6 Å². The average Bonchev–Trinajstić information content (AvgIpc) is 3.03. The van der Waals surface area contributed by atoms with Gasteiger partial charge in [0.15, 0.2) is 11.6 Å². The van der Waals surface area contributed by atoms with Crippen molar-refractivity contribution in [3.05, 3.63) is 94.3 Å². The van der Waals surface area contributed by atoms with Gasteiger partial charge in [-0.3, -0.25) is 4.90 Å². The third-order valence-corrected chi connectivity index (χ3v) is 5.64. The van der Waals surface area contributed by atoms with E-state index in [0.717, 1.165) is 25.2 Å². The maximum atomic E-state index is 14.8. The monoisotopic (exact) mass is 366 g/mol. The van der Waals surface area contributed by atoms with E-state index in [1.54, 1.807) is 12.1 Å². The lowest BCUT2D eigenvalue weighted by Gasteiger charge is -2.32. The average molecular weight is 366 g/mol. The predicted octanol–water partition coefficient (Wildman–Crippen LogP) is 5.38. The molecule has 0 N–H and O–H groups in total. The number of halogens is 2. The minimum atomic E-state index is -0.790. The quantitative estimate of drug-likeness (QED) is 0.604. The lowest BCUT2D eigenvalue weighted by molar-refractivity contribution is 0.214. The van der Waals surface area contributed by atoms with Crippen molar-refractivity contribution in [3.8, 4) is 0 Å². The SMILES string of the molecule is Cc1cccc(C)c1CN1CCCn2cccc2C1c1cccc(F)c1F. The molecule has 0 saturated heterocycles.